The Hall–Kier alpha value is -3.48. The third-order valence-electron chi connectivity index (χ3n) is 3.63. The van der Waals surface area contributed by atoms with Crippen LogP contribution in [0.4, 0.5) is 5.82 Å². The number of aromatic amines is 1. The molecule has 4 aromatic rings. The number of fused-ring (bicyclic) bond motifs is 1. The number of nitrogens with zero attached hydrogens (tertiary/aromatic N) is 4. The second-order valence-electron chi connectivity index (χ2n) is 5.26. The lowest BCUT2D eigenvalue weighted by Crippen LogP contribution is -2.01. The molecule has 0 aliphatic heterocycles. The quantitative estimate of drug-likeness (QED) is 0.535. The molecule has 0 saturated heterocycles. The highest BCUT2D eigenvalue weighted by molar-refractivity contribution is 5.85. The molecule has 0 spiro atoms. The summed E-state index contributed by atoms with van der Waals surface area (Å²) in [7, 11) is 0. The van der Waals surface area contributed by atoms with E-state index in [4.69, 9.17) is 0 Å². The van der Waals surface area contributed by atoms with E-state index < -0.39 is 0 Å². The summed E-state index contributed by atoms with van der Waals surface area (Å²) in [6, 6.07) is 10.9. The summed E-state index contributed by atoms with van der Waals surface area (Å²) in [4.78, 5) is 13.0. The Morgan fingerprint density at radius 1 is 1.08 bits per heavy atom. The fourth-order valence-electron chi connectivity index (χ4n) is 2.43. The third kappa shape index (κ3) is 2.63. The third-order valence-corrected chi connectivity index (χ3v) is 3.63. The largest absolute Gasteiger partial charge is 0.507 e. The number of H-pyrrole nitrogens is 1. The van der Waals surface area contributed by atoms with Gasteiger partial charge in [-0.2, -0.15) is 5.10 Å². The lowest BCUT2D eigenvalue weighted by Gasteiger charge is -2.05. The van der Waals surface area contributed by atoms with Gasteiger partial charge in [-0.05, 0) is 23.8 Å². The predicted octanol–water partition coefficient (Wildman–Crippen LogP) is 2.73. The minimum Gasteiger partial charge on any atom is -0.507 e. The maximum absolute atomic E-state index is 9.99. The molecule has 3 heterocycles. The number of benzene rings is 1. The van der Waals surface area contributed by atoms with E-state index in [2.05, 4.69) is 30.5 Å². The number of hydrogen-bond donors (Lipinski definition) is 3. The minimum atomic E-state index is 0.166. The fraction of sp³-hybridized carbons (Fsp3) is 0.0588. The van der Waals surface area contributed by atoms with Crippen molar-refractivity contribution in [1.29, 1.82) is 0 Å². The van der Waals surface area contributed by atoms with Crippen LogP contribution in [-0.4, -0.2) is 30.3 Å². The molecule has 0 bridgehead atoms. The van der Waals surface area contributed by atoms with E-state index in [1.807, 2.05) is 18.2 Å². The first-order chi connectivity index (χ1) is 11.8. The molecule has 0 saturated carbocycles. The van der Waals surface area contributed by atoms with Crippen molar-refractivity contribution in [2.24, 2.45) is 0 Å². The Morgan fingerprint density at radius 2 is 2.00 bits per heavy atom. The molecule has 0 aliphatic carbocycles. The Kier molecular flexibility index (Phi) is 3.51. The Bertz CT molecular complexity index is 983. The van der Waals surface area contributed by atoms with Crippen LogP contribution in [0.15, 0.2) is 55.0 Å². The Morgan fingerprint density at radius 3 is 2.83 bits per heavy atom. The highest BCUT2D eigenvalue weighted by Crippen LogP contribution is 2.28. The van der Waals surface area contributed by atoms with E-state index >= 15 is 0 Å². The molecule has 0 atom stereocenters. The standard InChI is InChI=1S/C17H14N6O/c24-14-6-2-1-5-12(14)13-10-20-17-15(21-13)16(22-23-17)19-9-11-4-3-7-18-8-11/h1-8,10,24H,9H2,(H2,19,20,22,23). The zero-order valence-electron chi connectivity index (χ0n) is 12.6. The van der Waals surface area contributed by atoms with Gasteiger partial charge in [0, 0.05) is 24.5 Å². The first-order valence-electron chi connectivity index (χ1n) is 7.43. The van der Waals surface area contributed by atoms with E-state index in [0.29, 0.717) is 34.8 Å². The van der Waals surface area contributed by atoms with Crippen LogP contribution in [0.1, 0.15) is 5.56 Å². The average molecular weight is 318 g/mol. The number of pyridine rings is 1. The van der Waals surface area contributed by atoms with Crippen molar-refractivity contribution in [2.75, 3.05) is 5.32 Å². The Labute approximate surface area is 137 Å². The molecule has 4 rings (SSSR count). The molecule has 118 valence electrons. The minimum absolute atomic E-state index is 0.166. The van der Waals surface area contributed by atoms with Gasteiger partial charge in [-0.3, -0.25) is 10.1 Å². The Balaban J connectivity index is 1.68. The molecule has 24 heavy (non-hydrogen) atoms. The van der Waals surface area contributed by atoms with Gasteiger partial charge in [0.05, 0.1) is 11.9 Å². The second kappa shape index (κ2) is 5.96. The first-order valence-corrected chi connectivity index (χ1v) is 7.43. The second-order valence-corrected chi connectivity index (χ2v) is 5.26. The van der Waals surface area contributed by atoms with Crippen LogP contribution in [0, 0.1) is 0 Å². The lowest BCUT2D eigenvalue weighted by atomic mass is 10.1. The smallest absolute Gasteiger partial charge is 0.176 e. The van der Waals surface area contributed by atoms with Crippen molar-refractivity contribution in [2.45, 2.75) is 6.54 Å². The van der Waals surface area contributed by atoms with Crippen molar-refractivity contribution < 1.29 is 5.11 Å². The monoisotopic (exact) mass is 318 g/mol. The molecular formula is C17H14N6O. The van der Waals surface area contributed by atoms with Crippen LogP contribution in [0.3, 0.4) is 0 Å². The van der Waals surface area contributed by atoms with Gasteiger partial charge in [-0.1, -0.05) is 18.2 Å². The fourth-order valence-corrected chi connectivity index (χ4v) is 2.43. The molecule has 3 aromatic heterocycles. The zero-order valence-corrected chi connectivity index (χ0v) is 12.6. The van der Waals surface area contributed by atoms with Crippen molar-refractivity contribution in [1.82, 2.24) is 25.1 Å². The molecular weight excluding hydrogens is 304 g/mol. The number of aromatic nitrogens is 5. The summed E-state index contributed by atoms with van der Waals surface area (Å²) in [5, 5.41) is 20.3. The number of para-hydroxylation sites is 1. The van der Waals surface area contributed by atoms with E-state index in [1.54, 1.807) is 36.8 Å². The number of phenolic OH excluding ortho intramolecular Hbond substituents is 1. The van der Waals surface area contributed by atoms with Gasteiger partial charge in [0.15, 0.2) is 17.0 Å². The van der Waals surface area contributed by atoms with E-state index in [-0.39, 0.29) is 5.75 Å². The lowest BCUT2D eigenvalue weighted by molar-refractivity contribution is 0.477. The van der Waals surface area contributed by atoms with Gasteiger partial charge < -0.3 is 10.4 Å². The van der Waals surface area contributed by atoms with Crippen molar-refractivity contribution in [3.63, 3.8) is 0 Å². The van der Waals surface area contributed by atoms with Gasteiger partial charge in [-0.25, -0.2) is 9.97 Å². The van der Waals surface area contributed by atoms with Gasteiger partial charge in [0.1, 0.15) is 5.75 Å². The topological polar surface area (TPSA) is 99.6 Å². The summed E-state index contributed by atoms with van der Waals surface area (Å²) in [5.74, 6) is 0.776. The molecule has 1 aromatic carbocycles. The highest BCUT2D eigenvalue weighted by Gasteiger charge is 2.12. The summed E-state index contributed by atoms with van der Waals surface area (Å²) in [6.45, 7) is 0.580. The van der Waals surface area contributed by atoms with Crippen LogP contribution in [0.5, 0.6) is 5.75 Å². The van der Waals surface area contributed by atoms with Crippen LogP contribution in [0.25, 0.3) is 22.4 Å². The van der Waals surface area contributed by atoms with Crippen molar-refractivity contribution in [3.05, 3.63) is 60.6 Å². The van der Waals surface area contributed by atoms with Crippen molar-refractivity contribution >= 4 is 17.0 Å². The van der Waals surface area contributed by atoms with Crippen LogP contribution < -0.4 is 5.32 Å². The molecule has 0 amide bonds. The number of phenols is 1. The molecule has 0 radical (unpaired) electrons. The zero-order chi connectivity index (χ0) is 16.4. The van der Waals surface area contributed by atoms with Crippen molar-refractivity contribution in [3.8, 4) is 17.0 Å². The van der Waals surface area contributed by atoms with E-state index in [0.717, 1.165) is 5.56 Å². The SMILES string of the molecule is Oc1ccccc1-c1cnc2[nH]nc(NCc3cccnc3)c2n1. The molecule has 0 unspecified atom stereocenters. The molecule has 3 N–H and O–H groups in total. The summed E-state index contributed by atoms with van der Waals surface area (Å²) in [6.07, 6.45) is 5.14. The summed E-state index contributed by atoms with van der Waals surface area (Å²) >= 11 is 0. The predicted molar refractivity (Wildman–Crippen MR) is 90.3 cm³/mol. The number of rotatable bonds is 4. The molecule has 0 aliphatic rings. The normalized spacial score (nSPS) is 10.8. The number of aromatic hydroxyl groups is 1. The number of nitrogens with one attached hydrogen (secondary N) is 2. The first kappa shape index (κ1) is 14.1. The maximum atomic E-state index is 9.99. The van der Waals surface area contributed by atoms with Gasteiger partial charge in [0.2, 0.25) is 0 Å². The molecule has 7 nitrogen and oxygen atoms in total. The average Bonchev–Trinajstić information content (AvgIpc) is 3.03. The van der Waals surface area contributed by atoms with E-state index in [9.17, 15) is 5.11 Å². The summed E-state index contributed by atoms with van der Waals surface area (Å²) < 4.78 is 0. The maximum Gasteiger partial charge on any atom is 0.176 e. The highest BCUT2D eigenvalue weighted by atomic mass is 16.3. The number of anilines is 1. The van der Waals surface area contributed by atoms with Gasteiger partial charge >= 0.3 is 0 Å². The molecule has 0 fully saturated rings. The van der Waals surface area contributed by atoms with Crippen LogP contribution in [-0.2, 0) is 6.54 Å². The van der Waals surface area contributed by atoms with Gasteiger partial charge in [-0.15, -0.1) is 0 Å². The van der Waals surface area contributed by atoms with Crippen LogP contribution >= 0.6 is 0 Å². The van der Waals surface area contributed by atoms with Gasteiger partial charge in [0.25, 0.3) is 0 Å². The molecule has 7 heteroatoms. The number of hydrogen-bond acceptors (Lipinski definition) is 6. The summed E-state index contributed by atoms with van der Waals surface area (Å²) in [5.41, 5.74) is 3.47. The van der Waals surface area contributed by atoms with Crippen LogP contribution in [0.2, 0.25) is 0 Å². The van der Waals surface area contributed by atoms with E-state index in [1.165, 1.54) is 0 Å².